The maximum Gasteiger partial charge on any atom is 0.115 e. The summed E-state index contributed by atoms with van der Waals surface area (Å²) in [5, 5.41) is 10.4. The molecule has 0 fully saturated rings. The number of benzene rings is 1. The second-order valence-corrected chi connectivity index (χ2v) is 4.33. The van der Waals surface area contributed by atoms with E-state index in [1.54, 1.807) is 0 Å². The van der Waals surface area contributed by atoms with Gasteiger partial charge in [-0.15, -0.1) is 0 Å². The number of rotatable bonds is 4. The summed E-state index contributed by atoms with van der Waals surface area (Å²) in [7, 11) is 0. The standard InChI is InChI=1S/C11H14BrNO2/c1-2-7-3-4-8(5-9(7)12)10(13)6-11(14)15/h3-5,10H,2,6,13H2,1H3,(H,14,15)/t10-/m0/s1. The number of aliphatic carboxylic acids is 1. The molecule has 0 aliphatic rings. The van der Waals surface area contributed by atoms with E-state index in [-0.39, 0.29) is 12.5 Å². The highest BCUT2D eigenvalue weighted by molar-refractivity contribution is 9.10. The number of carbonyl (C=O) groups excluding carboxylic acids is 1. The van der Waals surface area contributed by atoms with Crippen molar-refractivity contribution in [2.75, 3.05) is 0 Å². The summed E-state index contributed by atoms with van der Waals surface area (Å²) in [6.45, 7) is 2.07. The highest BCUT2D eigenvalue weighted by Gasteiger charge is 2.11. The fourth-order valence-electron chi connectivity index (χ4n) is 1.42. The first-order valence-electron chi connectivity index (χ1n) is 4.85. The van der Waals surface area contributed by atoms with E-state index in [1.165, 1.54) is 5.56 Å². The van der Waals surface area contributed by atoms with Crippen LogP contribution in [0.3, 0.4) is 0 Å². The van der Waals surface area contributed by atoms with Gasteiger partial charge in [0.1, 0.15) is 6.04 Å². The zero-order chi connectivity index (χ0) is 11.4. The Hall–Kier alpha value is -0.870. The number of carbonyl (C=O) groups is 1. The Kier molecular flexibility index (Phi) is 4.29. The van der Waals surface area contributed by atoms with Gasteiger partial charge in [0.2, 0.25) is 0 Å². The molecule has 0 spiro atoms. The van der Waals surface area contributed by atoms with Gasteiger partial charge in [-0.1, -0.05) is 35.0 Å². The van der Waals surface area contributed by atoms with Gasteiger partial charge < -0.3 is 15.6 Å². The van der Waals surface area contributed by atoms with Crippen LogP contribution in [0.1, 0.15) is 30.5 Å². The van der Waals surface area contributed by atoms with E-state index in [0.29, 0.717) is 0 Å². The number of hydrogen-bond donors (Lipinski definition) is 1. The normalized spacial score (nSPS) is 12.5. The average molecular weight is 272 g/mol. The monoisotopic (exact) mass is 271 g/mol. The highest BCUT2D eigenvalue weighted by atomic mass is 79.9. The lowest BCUT2D eigenvalue weighted by Crippen LogP contribution is -2.55. The fraction of sp³-hybridized carbons (Fsp3) is 0.364. The molecular weight excluding hydrogens is 258 g/mol. The van der Waals surface area contributed by atoms with Crippen molar-refractivity contribution in [1.29, 1.82) is 0 Å². The molecule has 4 heteroatoms. The lowest BCUT2D eigenvalue weighted by atomic mass is 10.0. The van der Waals surface area contributed by atoms with Crippen LogP contribution in [0.4, 0.5) is 0 Å². The molecule has 0 radical (unpaired) electrons. The van der Waals surface area contributed by atoms with Crippen LogP contribution in [-0.2, 0) is 11.2 Å². The predicted octanol–water partition coefficient (Wildman–Crippen LogP) is 0.434. The van der Waals surface area contributed by atoms with Crippen LogP contribution in [0, 0.1) is 0 Å². The van der Waals surface area contributed by atoms with E-state index in [4.69, 9.17) is 0 Å². The maximum atomic E-state index is 10.4. The van der Waals surface area contributed by atoms with Crippen molar-refractivity contribution in [3.8, 4) is 0 Å². The van der Waals surface area contributed by atoms with Gasteiger partial charge in [-0.25, -0.2) is 0 Å². The van der Waals surface area contributed by atoms with E-state index >= 15 is 0 Å². The number of halogens is 1. The summed E-state index contributed by atoms with van der Waals surface area (Å²) in [4.78, 5) is 10.4. The third-order valence-electron chi connectivity index (χ3n) is 2.34. The Bertz CT molecular complexity index is 366. The van der Waals surface area contributed by atoms with E-state index in [0.717, 1.165) is 16.5 Å². The van der Waals surface area contributed by atoms with Crippen LogP contribution in [0.15, 0.2) is 22.7 Å². The first kappa shape index (κ1) is 12.2. The third-order valence-corrected chi connectivity index (χ3v) is 3.08. The molecule has 3 nitrogen and oxygen atoms in total. The molecule has 0 bridgehead atoms. The smallest absolute Gasteiger partial charge is 0.115 e. The summed E-state index contributed by atoms with van der Waals surface area (Å²) >= 11 is 3.45. The number of aryl methyl sites for hydroxylation is 1. The lowest BCUT2D eigenvalue weighted by molar-refractivity contribution is -0.430. The summed E-state index contributed by atoms with van der Waals surface area (Å²) in [6, 6.07) is 5.59. The Morgan fingerprint density at radius 3 is 2.73 bits per heavy atom. The fourth-order valence-corrected chi connectivity index (χ4v) is 2.10. The number of quaternary nitrogens is 1. The predicted molar refractivity (Wildman–Crippen MR) is 58.8 cm³/mol. The van der Waals surface area contributed by atoms with Gasteiger partial charge in [0.25, 0.3) is 0 Å². The van der Waals surface area contributed by atoms with Crippen LogP contribution in [-0.4, -0.2) is 5.97 Å². The largest absolute Gasteiger partial charge is 0.550 e. The molecular formula is C11H14BrNO2. The highest BCUT2D eigenvalue weighted by Crippen LogP contribution is 2.22. The molecule has 3 N–H and O–H groups in total. The zero-order valence-corrected chi connectivity index (χ0v) is 10.2. The molecule has 0 saturated carbocycles. The maximum absolute atomic E-state index is 10.4. The minimum absolute atomic E-state index is 0.0437. The summed E-state index contributed by atoms with van der Waals surface area (Å²) in [5.41, 5.74) is 5.93. The van der Waals surface area contributed by atoms with Crippen molar-refractivity contribution >= 4 is 21.9 Å². The molecule has 0 aliphatic carbocycles. The van der Waals surface area contributed by atoms with E-state index in [1.807, 2.05) is 18.2 Å². The van der Waals surface area contributed by atoms with Gasteiger partial charge >= 0.3 is 0 Å². The molecule has 82 valence electrons. The van der Waals surface area contributed by atoms with Gasteiger partial charge in [0.15, 0.2) is 0 Å². The summed E-state index contributed by atoms with van der Waals surface area (Å²) in [5.74, 6) is -1.06. The Morgan fingerprint density at radius 1 is 1.60 bits per heavy atom. The van der Waals surface area contributed by atoms with Gasteiger partial charge in [-0.05, 0) is 18.1 Å². The molecule has 0 heterocycles. The van der Waals surface area contributed by atoms with Crippen LogP contribution < -0.4 is 10.8 Å². The average Bonchev–Trinajstić information content (AvgIpc) is 2.16. The quantitative estimate of drug-likeness (QED) is 0.863. The molecule has 0 unspecified atom stereocenters. The molecule has 0 aromatic heterocycles. The molecule has 1 atom stereocenters. The second-order valence-electron chi connectivity index (χ2n) is 3.48. The summed E-state index contributed by atoms with van der Waals surface area (Å²) < 4.78 is 1.01. The van der Waals surface area contributed by atoms with Crippen molar-refractivity contribution in [2.24, 2.45) is 0 Å². The van der Waals surface area contributed by atoms with Gasteiger partial charge in [0, 0.05) is 22.4 Å². The minimum Gasteiger partial charge on any atom is -0.550 e. The number of carboxylic acids is 1. The van der Waals surface area contributed by atoms with Gasteiger partial charge in [-0.2, -0.15) is 0 Å². The SMILES string of the molecule is CCc1ccc([C@@H]([NH3+])CC(=O)[O-])cc1Br. The molecule has 1 aromatic carbocycles. The van der Waals surface area contributed by atoms with E-state index < -0.39 is 5.97 Å². The molecule has 0 saturated heterocycles. The first-order chi connectivity index (χ1) is 7.04. The van der Waals surface area contributed by atoms with E-state index in [2.05, 4.69) is 28.6 Å². The first-order valence-corrected chi connectivity index (χ1v) is 5.65. The topological polar surface area (TPSA) is 67.8 Å². The lowest BCUT2D eigenvalue weighted by Gasteiger charge is -2.11. The van der Waals surface area contributed by atoms with Crippen molar-refractivity contribution in [1.82, 2.24) is 0 Å². The molecule has 0 amide bonds. The van der Waals surface area contributed by atoms with Crippen molar-refractivity contribution in [2.45, 2.75) is 25.8 Å². The zero-order valence-electron chi connectivity index (χ0n) is 8.63. The minimum atomic E-state index is -1.06. The van der Waals surface area contributed by atoms with E-state index in [9.17, 15) is 9.90 Å². The second kappa shape index (κ2) is 5.28. The van der Waals surface area contributed by atoms with Crippen LogP contribution in [0.25, 0.3) is 0 Å². The third kappa shape index (κ3) is 3.32. The van der Waals surface area contributed by atoms with Crippen LogP contribution in [0.2, 0.25) is 0 Å². The Balaban J connectivity index is 2.87. The number of hydrogen-bond acceptors (Lipinski definition) is 2. The Morgan fingerprint density at radius 2 is 2.27 bits per heavy atom. The summed E-state index contributed by atoms with van der Waals surface area (Å²) in [6.07, 6.45) is 0.904. The van der Waals surface area contributed by atoms with Crippen molar-refractivity contribution in [3.05, 3.63) is 33.8 Å². The van der Waals surface area contributed by atoms with Gasteiger partial charge in [0.05, 0.1) is 0 Å². The molecule has 15 heavy (non-hydrogen) atoms. The van der Waals surface area contributed by atoms with Crippen LogP contribution >= 0.6 is 15.9 Å². The van der Waals surface area contributed by atoms with Crippen molar-refractivity contribution in [3.63, 3.8) is 0 Å². The molecule has 1 aromatic rings. The number of carboxylic acid groups (broad SMARTS) is 1. The van der Waals surface area contributed by atoms with Crippen molar-refractivity contribution < 1.29 is 15.6 Å². The van der Waals surface area contributed by atoms with Gasteiger partial charge in [-0.3, -0.25) is 0 Å². The Labute approximate surface area is 97.4 Å². The molecule has 1 rings (SSSR count). The molecule has 0 aliphatic heterocycles. The van der Waals surface area contributed by atoms with Crippen LogP contribution in [0.5, 0.6) is 0 Å².